The van der Waals surface area contributed by atoms with Gasteiger partial charge in [-0.1, -0.05) is 0 Å². The largest absolute Gasteiger partial charge is 0.398 e. The molecule has 0 amide bonds. The molecule has 7 heteroatoms. The van der Waals surface area contributed by atoms with Gasteiger partial charge in [-0.15, -0.1) is 0 Å². The third kappa shape index (κ3) is 6.91. The summed E-state index contributed by atoms with van der Waals surface area (Å²) in [5.74, 6) is 0. The van der Waals surface area contributed by atoms with Crippen molar-refractivity contribution >= 4 is 10.4 Å². The summed E-state index contributed by atoms with van der Waals surface area (Å²) in [4.78, 5) is 3.32. The summed E-state index contributed by atoms with van der Waals surface area (Å²) in [5, 5.41) is 0. The second-order valence-electron chi connectivity index (χ2n) is 3.20. The summed E-state index contributed by atoms with van der Waals surface area (Å²) in [7, 11) is 2.51. The van der Waals surface area contributed by atoms with Gasteiger partial charge in [0, 0.05) is 6.54 Å². The van der Waals surface area contributed by atoms with Crippen LogP contribution in [0.5, 0.6) is 0 Å². The van der Waals surface area contributed by atoms with Crippen molar-refractivity contribution in [2.75, 3.05) is 34.7 Å². The van der Waals surface area contributed by atoms with E-state index in [9.17, 15) is 8.42 Å². The van der Waals surface area contributed by atoms with Crippen molar-refractivity contribution in [3.05, 3.63) is 0 Å². The molecule has 0 saturated carbocycles. The van der Waals surface area contributed by atoms with Crippen LogP contribution in [0.1, 0.15) is 0 Å². The molecule has 0 fully saturated rings. The van der Waals surface area contributed by atoms with Crippen LogP contribution in [0.4, 0.5) is 0 Å². The Hall–Kier alpha value is -0.210. The van der Waals surface area contributed by atoms with Crippen LogP contribution in [0, 0.1) is 0 Å². The minimum absolute atomic E-state index is 0.382. The predicted molar refractivity (Wildman–Crippen MR) is 48.7 cm³/mol. The van der Waals surface area contributed by atoms with Crippen molar-refractivity contribution in [2.45, 2.75) is 6.23 Å². The standard InChI is InChI=1S/C6H16N2O4S/c1-7(2)5-6(8(3)4)12-13(9,10)11/h6H,5H2,1-4H3,(H,9,10,11). The molecule has 0 bridgehead atoms. The third-order valence-electron chi connectivity index (χ3n) is 1.33. The summed E-state index contributed by atoms with van der Waals surface area (Å²) in [6.07, 6.45) is -0.676. The van der Waals surface area contributed by atoms with E-state index >= 15 is 0 Å². The van der Waals surface area contributed by atoms with E-state index in [0.29, 0.717) is 6.54 Å². The van der Waals surface area contributed by atoms with Gasteiger partial charge < -0.3 is 4.90 Å². The molecule has 0 aliphatic heterocycles. The van der Waals surface area contributed by atoms with Crippen molar-refractivity contribution in [3.8, 4) is 0 Å². The summed E-state index contributed by atoms with van der Waals surface area (Å²) in [6.45, 7) is 0.382. The van der Waals surface area contributed by atoms with Crippen LogP contribution in [0.2, 0.25) is 0 Å². The average Bonchev–Trinajstić information content (AvgIpc) is 1.81. The zero-order valence-electron chi connectivity index (χ0n) is 8.26. The molecule has 0 aromatic carbocycles. The first kappa shape index (κ1) is 12.8. The van der Waals surface area contributed by atoms with Crippen LogP contribution >= 0.6 is 0 Å². The highest BCUT2D eigenvalue weighted by Gasteiger charge is 2.19. The van der Waals surface area contributed by atoms with Gasteiger partial charge in [-0.05, 0) is 28.2 Å². The maximum Gasteiger partial charge on any atom is 0.398 e. The van der Waals surface area contributed by atoms with E-state index in [4.69, 9.17) is 4.55 Å². The lowest BCUT2D eigenvalue weighted by atomic mass is 10.5. The van der Waals surface area contributed by atoms with Gasteiger partial charge in [0.15, 0.2) is 0 Å². The minimum atomic E-state index is -4.38. The van der Waals surface area contributed by atoms with E-state index < -0.39 is 16.6 Å². The van der Waals surface area contributed by atoms with Crippen molar-refractivity contribution in [3.63, 3.8) is 0 Å². The van der Waals surface area contributed by atoms with Gasteiger partial charge >= 0.3 is 10.4 Å². The van der Waals surface area contributed by atoms with E-state index in [2.05, 4.69) is 4.18 Å². The van der Waals surface area contributed by atoms with Crippen LogP contribution in [0.15, 0.2) is 0 Å². The van der Waals surface area contributed by atoms with E-state index in [0.717, 1.165) is 0 Å². The zero-order chi connectivity index (χ0) is 10.6. The van der Waals surface area contributed by atoms with Gasteiger partial charge in [-0.25, -0.2) is 4.18 Å². The summed E-state index contributed by atoms with van der Waals surface area (Å²) in [5.41, 5.74) is 0. The van der Waals surface area contributed by atoms with Crippen molar-refractivity contribution in [2.24, 2.45) is 0 Å². The zero-order valence-corrected chi connectivity index (χ0v) is 9.08. The molecule has 1 unspecified atom stereocenters. The molecule has 6 nitrogen and oxygen atoms in total. The highest BCUT2D eigenvalue weighted by Crippen LogP contribution is 2.01. The number of nitrogens with zero attached hydrogens (tertiary/aromatic N) is 2. The second-order valence-corrected chi connectivity index (χ2v) is 4.25. The molecule has 0 heterocycles. The van der Waals surface area contributed by atoms with Crippen LogP contribution in [-0.4, -0.2) is 63.7 Å². The third-order valence-corrected chi connectivity index (χ3v) is 1.80. The Labute approximate surface area is 79.0 Å². The van der Waals surface area contributed by atoms with Crippen LogP contribution in [-0.2, 0) is 14.6 Å². The van der Waals surface area contributed by atoms with Gasteiger partial charge in [0.2, 0.25) is 0 Å². The monoisotopic (exact) mass is 212 g/mol. The lowest BCUT2D eigenvalue weighted by Crippen LogP contribution is -2.40. The van der Waals surface area contributed by atoms with Gasteiger partial charge in [0.25, 0.3) is 0 Å². The SMILES string of the molecule is CN(C)CC(OS(=O)(=O)O)N(C)C. The van der Waals surface area contributed by atoms with Gasteiger partial charge in [0.05, 0.1) is 0 Å². The molecule has 1 N–H and O–H groups in total. The van der Waals surface area contributed by atoms with E-state index in [1.54, 1.807) is 38.0 Å². The summed E-state index contributed by atoms with van der Waals surface area (Å²) in [6, 6.07) is 0. The molecule has 0 rings (SSSR count). The number of likely N-dealkylation sites (N-methyl/N-ethyl adjacent to an activating group) is 2. The first-order valence-electron chi connectivity index (χ1n) is 3.69. The Morgan fingerprint density at radius 2 is 1.77 bits per heavy atom. The van der Waals surface area contributed by atoms with E-state index in [1.165, 1.54) is 0 Å². The Morgan fingerprint density at radius 3 is 2.00 bits per heavy atom. The molecule has 80 valence electrons. The van der Waals surface area contributed by atoms with Gasteiger partial charge in [-0.3, -0.25) is 9.45 Å². The summed E-state index contributed by atoms with van der Waals surface area (Å²) < 4.78 is 33.7. The maximum atomic E-state index is 10.4. The topological polar surface area (TPSA) is 70.1 Å². The summed E-state index contributed by atoms with van der Waals surface area (Å²) >= 11 is 0. The molecular formula is C6H16N2O4S. The molecule has 0 aliphatic carbocycles. The smallest absolute Gasteiger partial charge is 0.305 e. The highest BCUT2D eigenvalue weighted by atomic mass is 32.3. The van der Waals surface area contributed by atoms with Gasteiger partial charge in [0.1, 0.15) is 6.23 Å². The molecule has 0 saturated heterocycles. The Balaban J connectivity index is 4.28. The number of rotatable bonds is 5. The molecule has 0 aliphatic rings. The quantitative estimate of drug-likeness (QED) is 0.478. The average molecular weight is 212 g/mol. The number of hydrogen-bond donors (Lipinski definition) is 1. The molecule has 0 aromatic rings. The Morgan fingerprint density at radius 1 is 1.31 bits per heavy atom. The normalized spacial score (nSPS) is 15.3. The molecule has 0 spiro atoms. The van der Waals surface area contributed by atoms with E-state index in [-0.39, 0.29) is 0 Å². The molecular weight excluding hydrogens is 196 g/mol. The van der Waals surface area contributed by atoms with Crippen molar-refractivity contribution < 1.29 is 17.2 Å². The van der Waals surface area contributed by atoms with Crippen LogP contribution < -0.4 is 0 Å². The first-order chi connectivity index (χ1) is 5.72. The molecule has 0 aromatic heterocycles. The molecule has 0 radical (unpaired) electrons. The fourth-order valence-corrected chi connectivity index (χ4v) is 1.25. The first-order valence-corrected chi connectivity index (χ1v) is 5.05. The van der Waals surface area contributed by atoms with E-state index in [1.807, 2.05) is 0 Å². The fourth-order valence-electron chi connectivity index (χ4n) is 0.733. The Kier molecular flexibility index (Phi) is 4.79. The fraction of sp³-hybridized carbons (Fsp3) is 1.00. The Bertz CT molecular complexity index is 237. The maximum absolute atomic E-state index is 10.4. The number of hydrogen-bond acceptors (Lipinski definition) is 5. The lowest BCUT2D eigenvalue weighted by Gasteiger charge is -2.25. The molecule has 13 heavy (non-hydrogen) atoms. The minimum Gasteiger partial charge on any atom is -0.305 e. The predicted octanol–water partition coefficient (Wildman–Crippen LogP) is -0.745. The molecule has 1 atom stereocenters. The highest BCUT2D eigenvalue weighted by molar-refractivity contribution is 7.80. The van der Waals surface area contributed by atoms with Crippen LogP contribution in [0.3, 0.4) is 0 Å². The van der Waals surface area contributed by atoms with Gasteiger partial charge in [-0.2, -0.15) is 8.42 Å². The van der Waals surface area contributed by atoms with Crippen molar-refractivity contribution in [1.82, 2.24) is 9.80 Å². The second kappa shape index (κ2) is 4.87. The van der Waals surface area contributed by atoms with Crippen LogP contribution in [0.25, 0.3) is 0 Å². The van der Waals surface area contributed by atoms with Crippen molar-refractivity contribution in [1.29, 1.82) is 0 Å². The lowest BCUT2D eigenvalue weighted by molar-refractivity contribution is 0.0375.